The summed E-state index contributed by atoms with van der Waals surface area (Å²) in [7, 11) is 0. The van der Waals surface area contributed by atoms with E-state index in [1.165, 1.54) is 116 Å². The van der Waals surface area contributed by atoms with Crippen molar-refractivity contribution in [3.63, 3.8) is 0 Å². The smallest absolute Gasteiger partial charge is 0.252 e. The van der Waals surface area contributed by atoms with Crippen molar-refractivity contribution in [3.05, 3.63) is 285 Å². The third-order valence-corrected chi connectivity index (χ3v) is 17.6. The minimum absolute atomic E-state index is 0.0167. The van der Waals surface area contributed by atoms with Crippen molar-refractivity contribution in [2.75, 3.05) is 14.7 Å². The second-order valence-electron chi connectivity index (χ2n) is 20.7. The summed E-state index contributed by atoms with van der Waals surface area (Å²) in [6.45, 7) is -0.131. The Balaban J connectivity index is 1.05. The third kappa shape index (κ3) is 6.96. The Morgan fingerprint density at radius 3 is 1.22 bits per heavy atom. The van der Waals surface area contributed by atoms with E-state index in [-0.39, 0.29) is 13.4 Å². The summed E-state index contributed by atoms with van der Waals surface area (Å²) in [5.41, 5.74) is 27.8. The van der Waals surface area contributed by atoms with Crippen molar-refractivity contribution in [3.8, 4) is 44.5 Å². The van der Waals surface area contributed by atoms with Crippen molar-refractivity contribution in [2.24, 2.45) is 0 Å². The Morgan fingerprint density at radius 2 is 0.641 bits per heavy atom. The number of benzene rings is 12. The molecule has 0 radical (unpaired) electrons. The van der Waals surface area contributed by atoms with Crippen LogP contribution in [0.4, 0.5) is 51.2 Å². The van der Waals surface area contributed by atoms with Crippen LogP contribution in [0.3, 0.4) is 0 Å². The van der Waals surface area contributed by atoms with Gasteiger partial charge in [0, 0.05) is 60.7 Å². The Kier molecular flexibility index (Phi) is 10.4. The minimum Gasteiger partial charge on any atom is -0.311 e. The molecule has 0 aromatic heterocycles. The third-order valence-electron chi connectivity index (χ3n) is 16.5. The van der Waals surface area contributed by atoms with Crippen molar-refractivity contribution < 1.29 is 0 Å². The first-order valence-corrected chi connectivity index (χ1v) is 27.8. The standard InChI is InChI=1S/C72H47B2N3S/c1-6-24-48(25-7-1)52-42-66-71-67(43-52)77(62-39-21-17-35-56(62)51-30-12-4-13-31-51)65-47-64-59(46-60(65)73(71)57-36-18-22-40-63(57)76(66)61-38-20-16-34-55(61)50-28-10-3-11-29-50)74-58-37-19-23-41-69(58)78-70-45-53(49-26-8-2-9-27-49)44-68(72(70)74)75(64)54-32-14-5-15-33-54/h1-47H. The molecular weight excluding hydrogens is 961 g/mol. The summed E-state index contributed by atoms with van der Waals surface area (Å²) in [6, 6.07) is 106. The fourth-order valence-electron chi connectivity index (χ4n) is 13.2. The maximum atomic E-state index is 2.64. The van der Waals surface area contributed by atoms with E-state index in [1.54, 1.807) is 0 Å². The van der Waals surface area contributed by atoms with Crippen LogP contribution in [0.2, 0.25) is 0 Å². The zero-order chi connectivity index (χ0) is 51.3. The van der Waals surface area contributed by atoms with Crippen LogP contribution < -0.4 is 47.5 Å². The predicted molar refractivity (Wildman–Crippen MR) is 332 cm³/mol. The van der Waals surface area contributed by atoms with Crippen molar-refractivity contribution in [1.29, 1.82) is 0 Å². The van der Waals surface area contributed by atoms with Gasteiger partial charge in [0.2, 0.25) is 6.71 Å². The lowest BCUT2D eigenvalue weighted by atomic mass is 9.30. The molecule has 12 aromatic rings. The van der Waals surface area contributed by atoms with E-state index < -0.39 is 0 Å². The Bertz CT molecular complexity index is 4330. The zero-order valence-electron chi connectivity index (χ0n) is 42.5. The number of anilines is 9. The molecule has 0 unspecified atom stereocenters. The Hall–Kier alpha value is -9.48. The van der Waals surface area contributed by atoms with Gasteiger partial charge in [0.15, 0.2) is 0 Å². The van der Waals surface area contributed by atoms with Gasteiger partial charge in [-0.3, -0.25) is 0 Å². The molecule has 3 nitrogen and oxygen atoms in total. The zero-order valence-corrected chi connectivity index (χ0v) is 43.4. The maximum Gasteiger partial charge on any atom is 0.252 e. The molecule has 16 rings (SSSR count). The summed E-state index contributed by atoms with van der Waals surface area (Å²) in [5.74, 6) is 0. The molecule has 0 fully saturated rings. The van der Waals surface area contributed by atoms with Crippen LogP contribution >= 0.6 is 11.8 Å². The maximum absolute atomic E-state index is 2.64. The first kappa shape index (κ1) is 44.8. The molecule has 0 aliphatic carbocycles. The van der Waals surface area contributed by atoms with E-state index in [9.17, 15) is 0 Å². The lowest BCUT2D eigenvalue weighted by Crippen LogP contribution is -2.64. The first-order chi connectivity index (χ1) is 38.7. The number of fused-ring (bicyclic) bond motifs is 8. The molecule has 4 aliphatic heterocycles. The number of hydrogen-bond acceptors (Lipinski definition) is 4. The van der Waals surface area contributed by atoms with Crippen molar-refractivity contribution in [2.45, 2.75) is 9.79 Å². The minimum atomic E-state index is -0.115. The lowest BCUT2D eigenvalue weighted by molar-refractivity contribution is 1.24. The molecule has 0 saturated carbocycles. The van der Waals surface area contributed by atoms with Gasteiger partial charge in [0.25, 0.3) is 6.71 Å². The molecule has 4 heterocycles. The Labute approximate surface area is 460 Å². The first-order valence-electron chi connectivity index (χ1n) is 27.0. The van der Waals surface area contributed by atoms with Crippen LogP contribution in [-0.2, 0) is 0 Å². The molecule has 0 saturated heterocycles. The van der Waals surface area contributed by atoms with Gasteiger partial charge >= 0.3 is 0 Å². The lowest BCUT2D eigenvalue weighted by Gasteiger charge is -2.47. The highest BCUT2D eigenvalue weighted by molar-refractivity contribution is 8.00. The highest BCUT2D eigenvalue weighted by Crippen LogP contribution is 2.51. The normalized spacial score (nSPS) is 13.2. The van der Waals surface area contributed by atoms with Gasteiger partial charge < -0.3 is 14.7 Å². The van der Waals surface area contributed by atoms with Gasteiger partial charge in [-0.15, -0.1) is 0 Å². The van der Waals surface area contributed by atoms with Gasteiger partial charge in [0.1, 0.15) is 0 Å². The van der Waals surface area contributed by atoms with E-state index in [4.69, 9.17) is 0 Å². The summed E-state index contributed by atoms with van der Waals surface area (Å²) in [6.07, 6.45) is 0. The largest absolute Gasteiger partial charge is 0.311 e. The summed E-state index contributed by atoms with van der Waals surface area (Å²) < 4.78 is 0. The molecule has 12 aromatic carbocycles. The van der Waals surface area contributed by atoms with E-state index in [2.05, 4.69) is 300 Å². The van der Waals surface area contributed by atoms with Crippen molar-refractivity contribution in [1.82, 2.24) is 0 Å². The highest BCUT2D eigenvalue weighted by Gasteiger charge is 2.48. The molecule has 0 N–H and O–H groups in total. The van der Waals surface area contributed by atoms with Crippen LogP contribution in [0.25, 0.3) is 44.5 Å². The summed E-state index contributed by atoms with van der Waals surface area (Å²) >= 11 is 1.91. The SMILES string of the molecule is c1ccc(-c2cc3c4c(c2)N(c2ccccc2)c2cc5c(cc2B4c2ccccc2S3)B2c3ccccc3N(c3ccccc3-c3ccccc3)c3cc(-c4ccccc4)cc(c32)N5c2ccccc2-c2ccccc2)cc1. The van der Waals surface area contributed by atoms with Gasteiger partial charge in [-0.25, -0.2) is 0 Å². The van der Waals surface area contributed by atoms with Crippen LogP contribution in [-0.4, -0.2) is 13.4 Å². The summed E-state index contributed by atoms with van der Waals surface area (Å²) in [4.78, 5) is 10.4. The molecule has 78 heavy (non-hydrogen) atoms. The van der Waals surface area contributed by atoms with Gasteiger partial charge in [-0.1, -0.05) is 236 Å². The topological polar surface area (TPSA) is 9.72 Å². The Morgan fingerprint density at radius 1 is 0.231 bits per heavy atom. The monoisotopic (exact) mass is 1010 g/mol. The average molecular weight is 1010 g/mol. The number of rotatable bonds is 7. The molecule has 362 valence electrons. The van der Waals surface area contributed by atoms with E-state index in [0.717, 1.165) is 22.6 Å². The van der Waals surface area contributed by atoms with E-state index in [0.29, 0.717) is 0 Å². The number of hydrogen-bond donors (Lipinski definition) is 0. The van der Waals surface area contributed by atoms with Gasteiger partial charge in [-0.2, -0.15) is 0 Å². The molecule has 0 spiro atoms. The van der Waals surface area contributed by atoms with E-state index in [1.807, 2.05) is 11.8 Å². The second kappa shape index (κ2) is 18.1. The predicted octanol–water partition coefficient (Wildman–Crippen LogP) is 15.2. The fraction of sp³-hybridized carbons (Fsp3) is 0. The molecule has 0 bridgehead atoms. The van der Waals surface area contributed by atoms with Crippen LogP contribution in [0.5, 0.6) is 0 Å². The quantitative estimate of drug-likeness (QED) is 0.147. The second-order valence-corrected chi connectivity index (χ2v) is 21.8. The molecular formula is C72H47B2N3S. The van der Waals surface area contributed by atoms with Crippen LogP contribution in [0.1, 0.15) is 0 Å². The molecule has 0 atom stereocenters. The molecule has 6 heteroatoms. The molecule has 0 amide bonds. The van der Waals surface area contributed by atoms with Gasteiger partial charge in [-0.05, 0) is 127 Å². The summed E-state index contributed by atoms with van der Waals surface area (Å²) in [5, 5.41) is 0. The van der Waals surface area contributed by atoms with E-state index >= 15 is 0 Å². The average Bonchev–Trinajstić information content (AvgIpc) is 2.70. The fourth-order valence-corrected chi connectivity index (χ4v) is 14.4. The number of para-hydroxylation sites is 4. The molecule has 4 aliphatic rings. The van der Waals surface area contributed by atoms with Gasteiger partial charge in [0.05, 0.1) is 11.4 Å². The number of nitrogens with zero attached hydrogens (tertiary/aromatic N) is 3. The van der Waals surface area contributed by atoms with Crippen LogP contribution in [0, 0.1) is 0 Å². The van der Waals surface area contributed by atoms with Crippen molar-refractivity contribution >= 4 is 109 Å². The van der Waals surface area contributed by atoms with Crippen LogP contribution in [0.15, 0.2) is 295 Å². The highest BCUT2D eigenvalue weighted by atomic mass is 32.2.